The fraction of sp³-hybridized carbons (Fsp3) is 0.412. The van der Waals surface area contributed by atoms with Crippen molar-refractivity contribution >= 4 is 17.7 Å². The van der Waals surface area contributed by atoms with Crippen LogP contribution in [0.5, 0.6) is 0 Å². The Labute approximate surface area is 146 Å². The van der Waals surface area contributed by atoms with Crippen LogP contribution in [0, 0.1) is 5.82 Å². The van der Waals surface area contributed by atoms with Crippen LogP contribution < -0.4 is 10.6 Å². The van der Waals surface area contributed by atoms with Gasteiger partial charge in [-0.1, -0.05) is 0 Å². The molecule has 1 heterocycles. The van der Waals surface area contributed by atoms with E-state index < -0.39 is 0 Å². The average Bonchev–Trinajstić information content (AvgIpc) is 3.11. The maximum absolute atomic E-state index is 12.8. The van der Waals surface area contributed by atoms with Gasteiger partial charge in [-0.3, -0.25) is 9.67 Å². The van der Waals surface area contributed by atoms with Crippen LogP contribution >= 0.6 is 11.8 Å². The summed E-state index contributed by atoms with van der Waals surface area (Å²) in [7, 11) is 1.77. The number of benzene rings is 1. The normalized spacial score (nSPS) is 11.5. The number of nitrogens with zero attached hydrogens (tertiary/aromatic N) is 3. The summed E-state index contributed by atoms with van der Waals surface area (Å²) in [5.74, 6) is 1.61. The van der Waals surface area contributed by atoms with E-state index in [0.29, 0.717) is 0 Å². The number of rotatable bonds is 9. The lowest BCUT2D eigenvalue weighted by molar-refractivity contribution is 0.570. The number of aliphatic imine (C=N–C) groups is 1. The summed E-state index contributed by atoms with van der Waals surface area (Å²) in [6.45, 7) is 2.60. The van der Waals surface area contributed by atoms with Crippen molar-refractivity contribution in [2.75, 3.05) is 25.9 Å². The number of hydrogen-bond donors (Lipinski definition) is 2. The molecular weight excluding hydrogens is 325 g/mol. The Morgan fingerprint density at radius 3 is 2.62 bits per heavy atom. The minimum absolute atomic E-state index is 0.191. The maximum Gasteiger partial charge on any atom is 0.190 e. The van der Waals surface area contributed by atoms with Gasteiger partial charge in [0.1, 0.15) is 5.82 Å². The van der Waals surface area contributed by atoms with Gasteiger partial charge < -0.3 is 10.6 Å². The minimum atomic E-state index is -0.191. The van der Waals surface area contributed by atoms with Crippen LogP contribution in [0.3, 0.4) is 0 Å². The highest BCUT2D eigenvalue weighted by atomic mass is 32.2. The molecule has 0 aliphatic heterocycles. The van der Waals surface area contributed by atoms with Gasteiger partial charge in [-0.05, 0) is 48.9 Å². The number of guanidine groups is 1. The van der Waals surface area contributed by atoms with Gasteiger partial charge in [0.2, 0.25) is 0 Å². The number of thioether (sulfide) groups is 1. The molecule has 0 saturated heterocycles. The van der Waals surface area contributed by atoms with Gasteiger partial charge in [-0.15, -0.1) is 11.8 Å². The van der Waals surface area contributed by atoms with Crippen molar-refractivity contribution in [1.82, 2.24) is 20.4 Å². The molecule has 0 amide bonds. The van der Waals surface area contributed by atoms with Gasteiger partial charge in [0.25, 0.3) is 0 Å². The molecule has 0 atom stereocenters. The monoisotopic (exact) mass is 349 g/mol. The Balaban J connectivity index is 1.52. The third kappa shape index (κ3) is 7.04. The molecule has 0 unspecified atom stereocenters. The van der Waals surface area contributed by atoms with E-state index in [1.807, 2.05) is 29.1 Å². The number of nitrogens with one attached hydrogen (secondary N) is 2. The molecule has 0 aliphatic rings. The Hall–Kier alpha value is -2.02. The van der Waals surface area contributed by atoms with Crippen LogP contribution in [0.4, 0.5) is 4.39 Å². The Morgan fingerprint density at radius 1 is 1.21 bits per heavy atom. The molecule has 5 nitrogen and oxygen atoms in total. The second kappa shape index (κ2) is 10.7. The number of hydrogen-bond acceptors (Lipinski definition) is 3. The highest BCUT2D eigenvalue weighted by Gasteiger charge is 1.98. The van der Waals surface area contributed by atoms with Crippen molar-refractivity contribution in [2.24, 2.45) is 4.99 Å². The molecular formula is C17H24FN5S. The highest BCUT2D eigenvalue weighted by Crippen LogP contribution is 2.18. The van der Waals surface area contributed by atoms with Crippen LogP contribution in [0.2, 0.25) is 0 Å². The van der Waals surface area contributed by atoms with Gasteiger partial charge >= 0.3 is 0 Å². The fourth-order valence-corrected chi connectivity index (χ4v) is 2.95. The first-order chi connectivity index (χ1) is 11.8. The van der Waals surface area contributed by atoms with Gasteiger partial charge in [-0.2, -0.15) is 5.10 Å². The Kier molecular flexibility index (Phi) is 8.17. The zero-order chi connectivity index (χ0) is 17.0. The van der Waals surface area contributed by atoms with Crippen molar-refractivity contribution in [2.45, 2.75) is 24.3 Å². The molecule has 2 rings (SSSR count). The van der Waals surface area contributed by atoms with E-state index in [9.17, 15) is 4.39 Å². The third-order valence-corrected chi connectivity index (χ3v) is 4.43. The molecule has 0 spiro atoms. The molecule has 0 saturated carbocycles. The van der Waals surface area contributed by atoms with Crippen LogP contribution in [0.15, 0.2) is 52.6 Å². The van der Waals surface area contributed by atoms with Crippen LogP contribution in [-0.4, -0.2) is 41.6 Å². The second-order valence-corrected chi connectivity index (χ2v) is 6.37. The lowest BCUT2D eigenvalue weighted by Gasteiger charge is -2.11. The zero-order valence-corrected chi connectivity index (χ0v) is 14.7. The topological polar surface area (TPSA) is 54.2 Å². The molecule has 1 aromatic heterocycles. The molecule has 0 radical (unpaired) electrons. The van der Waals surface area contributed by atoms with Crippen molar-refractivity contribution in [3.63, 3.8) is 0 Å². The first-order valence-corrected chi connectivity index (χ1v) is 9.07. The number of aromatic nitrogens is 2. The Morgan fingerprint density at radius 2 is 1.96 bits per heavy atom. The summed E-state index contributed by atoms with van der Waals surface area (Å²) in [6.07, 6.45) is 5.75. The summed E-state index contributed by atoms with van der Waals surface area (Å²) < 4.78 is 14.7. The molecule has 1 aromatic carbocycles. The fourth-order valence-electron chi connectivity index (χ4n) is 2.10. The van der Waals surface area contributed by atoms with E-state index >= 15 is 0 Å². The summed E-state index contributed by atoms with van der Waals surface area (Å²) >= 11 is 1.73. The quantitative estimate of drug-likeness (QED) is 0.316. The Bertz CT molecular complexity index is 598. The van der Waals surface area contributed by atoms with Gasteiger partial charge in [0.15, 0.2) is 5.96 Å². The third-order valence-electron chi connectivity index (χ3n) is 3.34. The molecule has 2 aromatic rings. The summed E-state index contributed by atoms with van der Waals surface area (Å²) in [5, 5.41) is 10.8. The SMILES string of the molecule is CN=C(NCCCSc1ccc(F)cc1)NCCCn1cccn1. The molecule has 0 fully saturated rings. The van der Waals surface area contributed by atoms with Crippen molar-refractivity contribution in [3.8, 4) is 0 Å². The first-order valence-electron chi connectivity index (χ1n) is 8.08. The van der Waals surface area contributed by atoms with Crippen molar-refractivity contribution < 1.29 is 4.39 Å². The van der Waals surface area contributed by atoms with E-state index in [4.69, 9.17) is 0 Å². The minimum Gasteiger partial charge on any atom is -0.356 e. The van der Waals surface area contributed by atoms with Gasteiger partial charge in [0, 0.05) is 44.0 Å². The van der Waals surface area contributed by atoms with E-state index in [-0.39, 0.29) is 5.82 Å². The van der Waals surface area contributed by atoms with Crippen molar-refractivity contribution in [3.05, 3.63) is 48.5 Å². The highest BCUT2D eigenvalue weighted by molar-refractivity contribution is 7.99. The molecule has 24 heavy (non-hydrogen) atoms. The summed E-state index contributed by atoms with van der Waals surface area (Å²) in [5.41, 5.74) is 0. The predicted octanol–water partition coefficient (Wildman–Crippen LogP) is 2.76. The largest absolute Gasteiger partial charge is 0.356 e. The van der Waals surface area contributed by atoms with Crippen molar-refractivity contribution in [1.29, 1.82) is 0 Å². The predicted molar refractivity (Wildman–Crippen MR) is 97.9 cm³/mol. The summed E-state index contributed by atoms with van der Waals surface area (Å²) in [4.78, 5) is 5.31. The molecule has 7 heteroatoms. The van der Waals surface area contributed by atoms with Crippen LogP contribution in [0.25, 0.3) is 0 Å². The standard InChI is InChI=1S/C17H24FN5S/c1-19-17(20-9-2-12-23-13-3-11-22-23)21-10-4-14-24-16-7-5-15(18)6-8-16/h3,5-8,11,13H,2,4,9-10,12,14H2,1H3,(H2,19,20,21). The maximum atomic E-state index is 12.8. The zero-order valence-electron chi connectivity index (χ0n) is 13.9. The van der Waals surface area contributed by atoms with E-state index in [2.05, 4.69) is 20.7 Å². The van der Waals surface area contributed by atoms with Gasteiger partial charge in [0.05, 0.1) is 0 Å². The number of halogens is 1. The molecule has 2 N–H and O–H groups in total. The van der Waals surface area contributed by atoms with Gasteiger partial charge in [-0.25, -0.2) is 4.39 Å². The first kappa shape index (κ1) is 18.3. The van der Waals surface area contributed by atoms with E-state index in [1.165, 1.54) is 12.1 Å². The average molecular weight is 349 g/mol. The summed E-state index contributed by atoms with van der Waals surface area (Å²) in [6, 6.07) is 8.55. The molecule has 0 aliphatic carbocycles. The molecule has 130 valence electrons. The van der Waals surface area contributed by atoms with Crippen LogP contribution in [0.1, 0.15) is 12.8 Å². The smallest absolute Gasteiger partial charge is 0.190 e. The molecule has 0 bridgehead atoms. The van der Waals surface area contributed by atoms with E-state index in [1.54, 1.807) is 25.0 Å². The van der Waals surface area contributed by atoms with E-state index in [0.717, 1.165) is 49.1 Å². The van der Waals surface area contributed by atoms with Crippen LogP contribution in [-0.2, 0) is 6.54 Å². The second-order valence-electron chi connectivity index (χ2n) is 5.20. The lowest BCUT2D eigenvalue weighted by Crippen LogP contribution is -2.38. The number of aryl methyl sites for hydroxylation is 1. The lowest BCUT2D eigenvalue weighted by atomic mass is 10.4.